The van der Waals surface area contributed by atoms with Crippen LogP contribution in [0.3, 0.4) is 0 Å². The van der Waals surface area contributed by atoms with Gasteiger partial charge in [0.1, 0.15) is 17.1 Å². The highest BCUT2D eigenvalue weighted by atomic mass is 35.5. The summed E-state index contributed by atoms with van der Waals surface area (Å²) in [6, 6.07) is 10.4. The zero-order valence-electron chi connectivity index (χ0n) is 11.5. The molecule has 0 aliphatic rings. The van der Waals surface area contributed by atoms with Gasteiger partial charge in [-0.05, 0) is 30.3 Å². The maximum Gasteiger partial charge on any atom is 0.347 e. The Hall–Kier alpha value is -2.66. The van der Waals surface area contributed by atoms with Gasteiger partial charge < -0.3 is 9.47 Å². The molecule has 0 fully saturated rings. The van der Waals surface area contributed by atoms with Crippen LogP contribution < -0.4 is 9.47 Å². The first kappa shape index (κ1) is 15.7. The predicted molar refractivity (Wildman–Crippen MR) is 79.5 cm³/mol. The largest absolute Gasteiger partial charge is 0.426 e. The second-order valence-corrected chi connectivity index (χ2v) is 4.72. The molecule has 0 aliphatic carbocycles. The van der Waals surface area contributed by atoms with E-state index in [2.05, 4.69) is 0 Å². The molecule has 112 valence electrons. The molecule has 0 spiro atoms. The maximum atomic E-state index is 12.2. The number of carbonyl (C=O) groups excluding carboxylic acids is 3. The first-order chi connectivity index (χ1) is 10.5. The molecule has 0 heterocycles. The molecule has 0 saturated carbocycles. The fourth-order valence-electron chi connectivity index (χ4n) is 1.74. The van der Waals surface area contributed by atoms with Crippen molar-refractivity contribution in [2.75, 3.05) is 0 Å². The fraction of sp³-hybridized carbons (Fsp3) is 0.0625. The van der Waals surface area contributed by atoms with Gasteiger partial charge in [-0.1, -0.05) is 23.7 Å². The molecule has 2 aromatic carbocycles. The fourth-order valence-corrected chi connectivity index (χ4v) is 1.92. The summed E-state index contributed by atoms with van der Waals surface area (Å²) in [7, 11) is 0. The number of hydrogen-bond donors (Lipinski definition) is 0. The molecule has 0 aromatic heterocycles. The predicted octanol–water partition coefficient (Wildman–Crippen LogP) is 3.30. The van der Waals surface area contributed by atoms with Crippen molar-refractivity contribution in [2.24, 2.45) is 0 Å². The molecule has 0 aliphatic heterocycles. The molecule has 0 saturated heterocycles. The summed E-state index contributed by atoms with van der Waals surface area (Å²) in [5, 5.41) is 0.349. The van der Waals surface area contributed by atoms with E-state index < -0.39 is 11.9 Å². The van der Waals surface area contributed by atoms with Crippen molar-refractivity contribution in [3.8, 4) is 11.5 Å². The van der Waals surface area contributed by atoms with E-state index >= 15 is 0 Å². The summed E-state index contributed by atoms with van der Waals surface area (Å²) in [5.74, 6) is -1.15. The van der Waals surface area contributed by atoms with Gasteiger partial charge in [0.25, 0.3) is 0 Å². The third kappa shape index (κ3) is 3.71. The number of aldehydes is 1. The first-order valence-electron chi connectivity index (χ1n) is 6.25. The first-order valence-corrected chi connectivity index (χ1v) is 6.63. The van der Waals surface area contributed by atoms with E-state index in [0.29, 0.717) is 11.3 Å². The van der Waals surface area contributed by atoms with Crippen LogP contribution in [0.1, 0.15) is 27.6 Å². The summed E-state index contributed by atoms with van der Waals surface area (Å²) in [5.41, 5.74) is 0.218. The monoisotopic (exact) mass is 318 g/mol. The summed E-state index contributed by atoms with van der Waals surface area (Å²) in [6.45, 7) is 1.23. The number of ether oxygens (including phenoxy) is 2. The van der Waals surface area contributed by atoms with Crippen molar-refractivity contribution in [1.82, 2.24) is 0 Å². The number of para-hydroxylation sites is 1. The van der Waals surface area contributed by atoms with E-state index in [1.54, 1.807) is 12.1 Å². The summed E-state index contributed by atoms with van der Waals surface area (Å²) < 4.78 is 10.1. The molecule has 2 aromatic rings. The van der Waals surface area contributed by atoms with Gasteiger partial charge in [0.2, 0.25) is 0 Å². The van der Waals surface area contributed by atoms with Crippen LogP contribution in [0.25, 0.3) is 0 Å². The number of hydrogen-bond acceptors (Lipinski definition) is 5. The average molecular weight is 319 g/mol. The number of esters is 2. The third-order valence-corrected chi connectivity index (χ3v) is 2.90. The highest BCUT2D eigenvalue weighted by Gasteiger charge is 2.17. The lowest BCUT2D eigenvalue weighted by molar-refractivity contribution is -0.131. The highest BCUT2D eigenvalue weighted by Crippen LogP contribution is 2.25. The smallest absolute Gasteiger partial charge is 0.347 e. The van der Waals surface area contributed by atoms with Gasteiger partial charge in [-0.25, -0.2) is 4.79 Å². The van der Waals surface area contributed by atoms with Gasteiger partial charge in [-0.3, -0.25) is 9.59 Å². The molecule has 2 rings (SSSR count). The summed E-state index contributed by atoms with van der Waals surface area (Å²) in [4.78, 5) is 34.2. The SMILES string of the molecule is CC(=O)Oc1ccccc1C(=O)Oc1ccc(Cl)cc1C=O. The molecule has 5 nitrogen and oxygen atoms in total. The molecule has 6 heteroatoms. The number of benzene rings is 2. The Morgan fingerprint density at radius 1 is 1.05 bits per heavy atom. The molecule has 0 amide bonds. The second-order valence-electron chi connectivity index (χ2n) is 4.28. The van der Waals surface area contributed by atoms with Crippen LogP contribution in [-0.4, -0.2) is 18.2 Å². The lowest BCUT2D eigenvalue weighted by Crippen LogP contribution is -2.13. The molecule has 0 atom stereocenters. The van der Waals surface area contributed by atoms with Gasteiger partial charge in [0.05, 0.1) is 5.56 Å². The molecule has 22 heavy (non-hydrogen) atoms. The Kier molecular flexibility index (Phi) is 4.91. The van der Waals surface area contributed by atoms with Crippen LogP contribution in [0, 0.1) is 0 Å². The third-order valence-electron chi connectivity index (χ3n) is 2.66. The number of halogens is 1. The van der Waals surface area contributed by atoms with E-state index in [-0.39, 0.29) is 22.6 Å². The molecule has 0 radical (unpaired) electrons. The van der Waals surface area contributed by atoms with Crippen molar-refractivity contribution in [3.05, 3.63) is 58.6 Å². The van der Waals surface area contributed by atoms with E-state index in [1.807, 2.05) is 0 Å². The topological polar surface area (TPSA) is 69.7 Å². The van der Waals surface area contributed by atoms with Gasteiger partial charge in [0, 0.05) is 11.9 Å². The van der Waals surface area contributed by atoms with Crippen molar-refractivity contribution < 1.29 is 23.9 Å². The van der Waals surface area contributed by atoms with Crippen LogP contribution in [0.2, 0.25) is 5.02 Å². The number of carbonyl (C=O) groups is 3. The molecular formula is C16H11ClO5. The Labute approximate surface area is 131 Å². The molecule has 0 unspecified atom stereocenters. The Morgan fingerprint density at radius 2 is 1.77 bits per heavy atom. The van der Waals surface area contributed by atoms with Gasteiger partial charge in [-0.15, -0.1) is 0 Å². The second kappa shape index (κ2) is 6.87. The molecule has 0 bridgehead atoms. The maximum absolute atomic E-state index is 12.2. The van der Waals surface area contributed by atoms with Gasteiger partial charge in [0.15, 0.2) is 6.29 Å². The Bertz CT molecular complexity index is 739. The lowest BCUT2D eigenvalue weighted by atomic mass is 10.2. The van der Waals surface area contributed by atoms with Crippen LogP contribution in [-0.2, 0) is 4.79 Å². The van der Waals surface area contributed by atoms with Crippen LogP contribution in [0.15, 0.2) is 42.5 Å². The van der Waals surface area contributed by atoms with E-state index in [0.717, 1.165) is 0 Å². The van der Waals surface area contributed by atoms with Crippen molar-refractivity contribution in [1.29, 1.82) is 0 Å². The minimum atomic E-state index is -0.748. The number of rotatable bonds is 4. The average Bonchev–Trinajstić information content (AvgIpc) is 2.48. The normalized spacial score (nSPS) is 9.91. The molecular weight excluding hydrogens is 308 g/mol. The minimum absolute atomic E-state index is 0.0713. The van der Waals surface area contributed by atoms with Crippen LogP contribution >= 0.6 is 11.6 Å². The van der Waals surface area contributed by atoms with Crippen molar-refractivity contribution >= 4 is 29.8 Å². The minimum Gasteiger partial charge on any atom is -0.426 e. The summed E-state index contributed by atoms with van der Waals surface area (Å²) in [6.07, 6.45) is 0.534. The zero-order valence-corrected chi connectivity index (χ0v) is 12.3. The van der Waals surface area contributed by atoms with E-state index in [1.165, 1.54) is 37.3 Å². The van der Waals surface area contributed by atoms with Crippen LogP contribution in [0.4, 0.5) is 0 Å². The van der Waals surface area contributed by atoms with Crippen molar-refractivity contribution in [2.45, 2.75) is 6.92 Å². The standard InChI is InChI=1S/C16H11ClO5/c1-10(19)21-15-5-3-2-4-13(15)16(20)22-14-7-6-12(17)8-11(14)9-18/h2-9H,1H3. The lowest BCUT2D eigenvalue weighted by Gasteiger charge is -2.10. The van der Waals surface area contributed by atoms with E-state index in [9.17, 15) is 14.4 Å². The van der Waals surface area contributed by atoms with Gasteiger partial charge in [-0.2, -0.15) is 0 Å². The van der Waals surface area contributed by atoms with E-state index in [4.69, 9.17) is 21.1 Å². The molecule has 0 N–H and O–H groups in total. The Balaban J connectivity index is 2.30. The highest BCUT2D eigenvalue weighted by molar-refractivity contribution is 6.30. The van der Waals surface area contributed by atoms with Gasteiger partial charge >= 0.3 is 11.9 Å². The van der Waals surface area contributed by atoms with Crippen LogP contribution in [0.5, 0.6) is 11.5 Å². The zero-order chi connectivity index (χ0) is 16.1. The summed E-state index contributed by atoms with van der Waals surface area (Å²) >= 11 is 5.77. The Morgan fingerprint density at radius 3 is 2.45 bits per heavy atom. The van der Waals surface area contributed by atoms with Crippen molar-refractivity contribution in [3.63, 3.8) is 0 Å². The quantitative estimate of drug-likeness (QED) is 0.491.